The van der Waals surface area contributed by atoms with Crippen molar-refractivity contribution in [2.24, 2.45) is 0 Å². The molecule has 19 heavy (non-hydrogen) atoms. The van der Waals surface area contributed by atoms with Crippen molar-refractivity contribution in [2.75, 3.05) is 13.2 Å². The Morgan fingerprint density at radius 2 is 2.26 bits per heavy atom. The molecule has 0 bridgehead atoms. The van der Waals surface area contributed by atoms with Crippen LogP contribution in [0.25, 0.3) is 0 Å². The van der Waals surface area contributed by atoms with Crippen LogP contribution in [0.2, 0.25) is 5.02 Å². The van der Waals surface area contributed by atoms with Crippen molar-refractivity contribution < 1.29 is 14.3 Å². The Balaban J connectivity index is 2.36. The lowest BCUT2D eigenvalue weighted by Gasteiger charge is -2.12. The summed E-state index contributed by atoms with van der Waals surface area (Å²) in [4.78, 5) is 11.5. The molecular formula is C13H18ClFN2O2. The van der Waals surface area contributed by atoms with Crippen molar-refractivity contribution in [3.05, 3.63) is 34.6 Å². The minimum atomic E-state index is -0.508. The van der Waals surface area contributed by atoms with E-state index >= 15 is 0 Å². The van der Waals surface area contributed by atoms with Gasteiger partial charge in [0.25, 0.3) is 0 Å². The van der Waals surface area contributed by atoms with Crippen molar-refractivity contribution in [3.63, 3.8) is 0 Å². The van der Waals surface area contributed by atoms with Gasteiger partial charge in [-0.15, -0.1) is 0 Å². The van der Waals surface area contributed by atoms with Crippen LogP contribution in [0.15, 0.2) is 18.2 Å². The van der Waals surface area contributed by atoms with Gasteiger partial charge >= 0.3 is 0 Å². The summed E-state index contributed by atoms with van der Waals surface area (Å²) in [5.41, 5.74) is 0.351. The smallest absolute Gasteiger partial charge is 0.234 e. The van der Waals surface area contributed by atoms with E-state index in [0.29, 0.717) is 12.0 Å². The zero-order chi connectivity index (χ0) is 14.3. The molecule has 0 aliphatic heterocycles. The highest BCUT2D eigenvalue weighted by Gasteiger charge is 2.08. The second kappa shape index (κ2) is 8.09. The van der Waals surface area contributed by atoms with Gasteiger partial charge in [-0.25, -0.2) is 4.39 Å². The fourth-order valence-corrected chi connectivity index (χ4v) is 1.70. The summed E-state index contributed by atoms with van der Waals surface area (Å²) >= 11 is 5.64. The molecular weight excluding hydrogens is 271 g/mol. The minimum Gasteiger partial charge on any atom is -0.396 e. The van der Waals surface area contributed by atoms with Crippen LogP contribution in [0.3, 0.4) is 0 Å². The average Bonchev–Trinajstić information content (AvgIpc) is 2.38. The van der Waals surface area contributed by atoms with Gasteiger partial charge in [-0.3, -0.25) is 4.79 Å². The first-order valence-electron chi connectivity index (χ1n) is 6.08. The van der Waals surface area contributed by atoms with E-state index in [0.717, 1.165) is 0 Å². The number of benzene rings is 1. The standard InChI is InChI=1S/C13H18ClFN2O2/c1-9(5-6-18)16-8-12(19)17-7-10-3-2-4-11(14)13(10)15/h2-4,9,16,18H,5-8H2,1H3,(H,17,19)/t9-/m1/s1. The first-order valence-corrected chi connectivity index (χ1v) is 6.46. The third-order valence-corrected chi connectivity index (χ3v) is 2.97. The Labute approximate surface area is 117 Å². The quantitative estimate of drug-likeness (QED) is 0.712. The predicted octanol–water partition coefficient (Wildman–Crippen LogP) is 1.46. The number of rotatable bonds is 7. The van der Waals surface area contributed by atoms with Crippen molar-refractivity contribution in [1.82, 2.24) is 10.6 Å². The Hall–Kier alpha value is -1.17. The van der Waals surface area contributed by atoms with Crippen LogP contribution < -0.4 is 10.6 Å². The van der Waals surface area contributed by atoms with Crippen LogP contribution in [0.5, 0.6) is 0 Å². The summed E-state index contributed by atoms with van der Waals surface area (Å²) in [6.45, 7) is 2.17. The second-order valence-electron chi connectivity index (χ2n) is 4.28. The van der Waals surface area contributed by atoms with Crippen LogP contribution in [0.4, 0.5) is 4.39 Å². The molecule has 1 amide bonds. The maximum Gasteiger partial charge on any atom is 0.234 e. The molecule has 0 heterocycles. The van der Waals surface area contributed by atoms with Gasteiger partial charge in [0.2, 0.25) is 5.91 Å². The molecule has 4 nitrogen and oxygen atoms in total. The Kier molecular flexibility index (Phi) is 6.77. The molecule has 0 saturated carbocycles. The lowest BCUT2D eigenvalue weighted by molar-refractivity contribution is -0.120. The monoisotopic (exact) mass is 288 g/mol. The summed E-state index contributed by atoms with van der Waals surface area (Å²) in [5.74, 6) is -0.741. The number of carbonyl (C=O) groups is 1. The summed E-state index contributed by atoms with van der Waals surface area (Å²) in [7, 11) is 0. The molecule has 1 atom stereocenters. The second-order valence-corrected chi connectivity index (χ2v) is 4.69. The van der Waals surface area contributed by atoms with E-state index in [-0.39, 0.29) is 36.7 Å². The lowest BCUT2D eigenvalue weighted by Crippen LogP contribution is -2.38. The molecule has 0 aliphatic rings. The first kappa shape index (κ1) is 15.9. The van der Waals surface area contributed by atoms with Gasteiger partial charge in [0.05, 0.1) is 11.6 Å². The van der Waals surface area contributed by atoms with Gasteiger partial charge in [-0.05, 0) is 19.4 Å². The summed E-state index contributed by atoms with van der Waals surface area (Å²) in [6.07, 6.45) is 0.580. The van der Waals surface area contributed by atoms with Crippen molar-refractivity contribution in [3.8, 4) is 0 Å². The van der Waals surface area contributed by atoms with Gasteiger partial charge in [-0.2, -0.15) is 0 Å². The molecule has 1 rings (SSSR count). The highest BCUT2D eigenvalue weighted by molar-refractivity contribution is 6.30. The molecule has 1 aromatic rings. The number of hydrogen-bond acceptors (Lipinski definition) is 3. The molecule has 3 N–H and O–H groups in total. The van der Waals surface area contributed by atoms with Crippen molar-refractivity contribution >= 4 is 17.5 Å². The van der Waals surface area contributed by atoms with Gasteiger partial charge in [0.1, 0.15) is 5.82 Å². The lowest BCUT2D eigenvalue weighted by atomic mass is 10.2. The van der Waals surface area contributed by atoms with E-state index < -0.39 is 5.82 Å². The number of nitrogens with one attached hydrogen (secondary N) is 2. The number of aliphatic hydroxyl groups is 1. The fourth-order valence-electron chi connectivity index (χ4n) is 1.50. The Bertz CT molecular complexity index is 429. The van der Waals surface area contributed by atoms with E-state index in [1.165, 1.54) is 6.07 Å². The van der Waals surface area contributed by atoms with Crippen LogP contribution >= 0.6 is 11.6 Å². The topological polar surface area (TPSA) is 61.4 Å². The average molecular weight is 289 g/mol. The van der Waals surface area contributed by atoms with Crippen LogP contribution in [0, 0.1) is 5.82 Å². The fraction of sp³-hybridized carbons (Fsp3) is 0.462. The van der Waals surface area contributed by atoms with Gasteiger partial charge in [-0.1, -0.05) is 23.7 Å². The predicted molar refractivity (Wildman–Crippen MR) is 72.4 cm³/mol. The number of carbonyl (C=O) groups excluding carboxylic acids is 1. The van der Waals surface area contributed by atoms with E-state index in [1.54, 1.807) is 12.1 Å². The summed E-state index contributed by atoms with van der Waals surface area (Å²) in [6, 6.07) is 4.72. The molecule has 106 valence electrons. The molecule has 0 fully saturated rings. The highest BCUT2D eigenvalue weighted by atomic mass is 35.5. The largest absolute Gasteiger partial charge is 0.396 e. The molecule has 0 unspecified atom stereocenters. The minimum absolute atomic E-state index is 0.0430. The first-order chi connectivity index (χ1) is 9.04. The summed E-state index contributed by atoms with van der Waals surface area (Å²) < 4.78 is 13.5. The van der Waals surface area contributed by atoms with Crippen LogP contribution in [-0.4, -0.2) is 30.2 Å². The maximum absolute atomic E-state index is 13.5. The molecule has 0 aliphatic carbocycles. The van der Waals surface area contributed by atoms with E-state index in [4.69, 9.17) is 16.7 Å². The zero-order valence-electron chi connectivity index (χ0n) is 10.7. The third-order valence-electron chi connectivity index (χ3n) is 2.68. The number of halogens is 2. The number of aliphatic hydroxyl groups excluding tert-OH is 1. The van der Waals surface area contributed by atoms with E-state index in [2.05, 4.69) is 10.6 Å². The zero-order valence-corrected chi connectivity index (χ0v) is 11.5. The molecule has 0 aromatic heterocycles. The Morgan fingerprint density at radius 3 is 2.95 bits per heavy atom. The van der Waals surface area contributed by atoms with Crippen LogP contribution in [-0.2, 0) is 11.3 Å². The Morgan fingerprint density at radius 1 is 1.53 bits per heavy atom. The van der Waals surface area contributed by atoms with Crippen molar-refractivity contribution in [1.29, 1.82) is 0 Å². The highest BCUT2D eigenvalue weighted by Crippen LogP contribution is 2.17. The van der Waals surface area contributed by atoms with Gasteiger partial charge < -0.3 is 15.7 Å². The molecule has 6 heteroatoms. The van der Waals surface area contributed by atoms with Gasteiger partial charge in [0.15, 0.2) is 0 Å². The van der Waals surface area contributed by atoms with Crippen molar-refractivity contribution in [2.45, 2.75) is 25.9 Å². The number of hydrogen-bond donors (Lipinski definition) is 3. The molecule has 0 spiro atoms. The normalized spacial score (nSPS) is 12.2. The maximum atomic E-state index is 13.5. The third kappa shape index (κ3) is 5.55. The van der Waals surface area contributed by atoms with E-state index in [9.17, 15) is 9.18 Å². The van der Waals surface area contributed by atoms with E-state index in [1.807, 2.05) is 6.92 Å². The molecule has 0 saturated heterocycles. The molecule has 1 aromatic carbocycles. The number of amides is 1. The van der Waals surface area contributed by atoms with Crippen LogP contribution in [0.1, 0.15) is 18.9 Å². The molecule has 0 radical (unpaired) electrons. The SMILES string of the molecule is C[C@H](CCO)NCC(=O)NCc1cccc(Cl)c1F. The van der Waals surface area contributed by atoms with Gasteiger partial charge in [0, 0.05) is 24.8 Å². The summed E-state index contributed by atoms with van der Waals surface area (Å²) in [5, 5.41) is 14.3.